The first-order chi connectivity index (χ1) is 13.8. The number of benzene rings is 2. The molecule has 0 fully saturated rings. The quantitative estimate of drug-likeness (QED) is 0.453. The minimum absolute atomic E-state index is 0.193. The Bertz CT molecular complexity index is 988. The van der Waals surface area contributed by atoms with Gasteiger partial charge in [-0.2, -0.15) is 0 Å². The number of nitrogens with zero attached hydrogens (tertiary/aromatic N) is 2. The van der Waals surface area contributed by atoms with Crippen molar-refractivity contribution in [3.05, 3.63) is 78.0 Å². The third kappa shape index (κ3) is 4.54. The first-order valence-corrected chi connectivity index (χ1v) is 9.10. The van der Waals surface area contributed by atoms with Crippen LogP contribution in [0.25, 0.3) is 11.3 Å². The van der Waals surface area contributed by atoms with Gasteiger partial charge in [0.05, 0.1) is 32.1 Å². The number of rotatable bonds is 0. The maximum Gasteiger partial charge on any atom is 0.227 e. The van der Waals surface area contributed by atoms with Gasteiger partial charge in [-0.3, -0.25) is 0 Å². The van der Waals surface area contributed by atoms with Gasteiger partial charge in [0.15, 0.2) is 0 Å². The molecule has 0 saturated carbocycles. The van der Waals surface area contributed by atoms with Gasteiger partial charge >= 0.3 is 0 Å². The fraction of sp³-hybridized carbons (Fsp3) is 0.182. The molecule has 0 aliphatic carbocycles. The molecule has 6 nitrogen and oxygen atoms in total. The molecule has 0 saturated heterocycles. The molecule has 0 atom stereocenters. The normalized spacial score (nSPS) is 15.7. The highest BCUT2D eigenvalue weighted by molar-refractivity contribution is 5.63. The number of fused-ring (bicyclic) bond motifs is 7. The van der Waals surface area contributed by atoms with Crippen LogP contribution >= 0.6 is 0 Å². The Morgan fingerprint density at radius 3 is 2.68 bits per heavy atom. The standard InChI is InChI=1S/C22H21N3O3/c26-21-7-6-19-13-18(21)15-28-11-2-1-10-27-14-16-4-3-5-17(12-16)20-8-9-23-22(24-19)25-20/h1-9,12-13,26H,10-11,14-15H2,(H,23,24,25)/b2-1+. The van der Waals surface area contributed by atoms with E-state index in [2.05, 4.69) is 21.4 Å². The van der Waals surface area contributed by atoms with E-state index in [1.165, 1.54) is 0 Å². The Labute approximate surface area is 163 Å². The van der Waals surface area contributed by atoms with Crippen molar-refractivity contribution >= 4 is 11.6 Å². The van der Waals surface area contributed by atoms with Crippen LogP contribution in [0.4, 0.5) is 11.6 Å². The smallest absolute Gasteiger partial charge is 0.227 e. The minimum atomic E-state index is 0.193. The van der Waals surface area contributed by atoms with E-state index in [1.54, 1.807) is 18.3 Å². The Morgan fingerprint density at radius 2 is 1.79 bits per heavy atom. The molecule has 4 rings (SSSR count). The van der Waals surface area contributed by atoms with Crippen molar-refractivity contribution < 1.29 is 14.6 Å². The third-order valence-corrected chi connectivity index (χ3v) is 4.34. The summed E-state index contributed by atoms with van der Waals surface area (Å²) >= 11 is 0. The van der Waals surface area contributed by atoms with Gasteiger partial charge in [-0.15, -0.1) is 0 Å². The summed E-state index contributed by atoms with van der Waals surface area (Å²) in [5.74, 6) is 0.680. The van der Waals surface area contributed by atoms with Gasteiger partial charge in [0, 0.05) is 23.0 Å². The summed E-state index contributed by atoms with van der Waals surface area (Å²) in [6.45, 7) is 1.78. The summed E-state index contributed by atoms with van der Waals surface area (Å²) in [7, 11) is 0. The zero-order valence-corrected chi connectivity index (χ0v) is 15.3. The molecule has 28 heavy (non-hydrogen) atoms. The fourth-order valence-electron chi connectivity index (χ4n) is 2.93. The second kappa shape index (κ2) is 8.65. The SMILES string of the molecule is Oc1ccc2cc1COC/C=C/COCc1cccc(c1)-c1ccnc(n1)N2. The van der Waals surface area contributed by atoms with Crippen molar-refractivity contribution in [1.29, 1.82) is 0 Å². The molecule has 1 aromatic heterocycles. The van der Waals surface area contributed by atoms with Crippen molar-refractivity contribution in [3.63, 3.8) is 0 Å². The topological polar surface area (TPSA) is 76.5 Å². The summed E-state index contributed by atoms with van der Waals surface area (Å²) < 4.78 is 11.3. The Balaban J connectivity index is 1.68. The van der Waals surface area contributed by atoms with Crippen LogP contribution in [0.2, 0.25) is 0 Å². The summed E-state index contributed by atoms with van der Waals surface area (Å²) in [5, 5.41) is 13.3. The van der Waals surface area contributed by atoms with E-state index in [0.717, 1.165) is 22.5 Å². The van der Waals surface area contributed by atoms with Gasteiger partial charge in [0.2, 0.25) is 5.95 Å². The summed E-state index contributed by atoms with van der Waals surface area (Å²) in [5.41, 5.74) is 4.39. The molecule has 2 heterocycles. The molecule has 3 aromatic rings. The average molecular weight is 375 g/mol. The van der Waals surface area contributed by atoms with Crippen molar-refractivity contribution in [2.45, 2.75) is 13.2 Å². The van der Waals surface area contributed by atoms with E-state index in [9.17, 15) is 5.11 Å². The van der Waals surface area contributed by atoms with E-state index in [4.69, 9.17) is 9.47 Å². The second-order valence-electron chi connectivity index (χ2n) is 6.44. The van der Waals surface area contributed by atoms with Crippen LogP contribution < -0.4 is 5.32 Å². The van der Waals surface area contributed by atoms with E-state index in [0.29, 0.717) is 37.9 Å². The number of phenolic OH excluding ortho intramolecular Hbond substituents is 1. The highest BCUT2D eigenvalue weighted by Crippen LogP contribution is 2.25. The lowest BCUT2D eigenvalue weighted by Crippen LogP contribution is -2.00. The first kappa shape index (κ1) is 18.2. The van der Waals surface area contributed by atoms with Gasteiger partial charge in [-0.25, -0.2) is 9.97 Å². The highest BCUT2D eigenvalue weighted by atomic mass is 16.5. The number of ether oxygens (including phenoxy) is 2. The van der Waals surface area contributed by atoms with Crippen LogP contribution in [0.5, 0.6) is 5.75 Å². The molecular formula is C22H21N3O3. The Hall–Kier alpha value is -3.22. The molecule has 6 heteroatoms. The van der Waals surface area contributed by atoms with Crippen LogP contribution in [-0.2, 0) is 22.7 Å². The Morgan fingerprint density at radius 1 is 0.929 bits per heavy atom. The van der Waals surface area contributed by atoms with Gasteiger partial charge < -0.3 is 19.9 Å². The zero-order chi connectivity index (χ0) is 19.2. The molecular weight excluding hydrogens is 354 g/mol. The zero-order valence-electron chi connectivity index (χ0n) is 15.3. The van der Waals surface area contributed by atoms with Crippen LogP contribution in [0.15, 0.2) is 66.9 Å². The number of hydrogen-bond donors (Lipinski definition) is 2. The van der Waals surface area contributed by atoms with Crippen molar-refractivity contribution in [2.24, 2.45) is 0 Å². The minimum Gasteiger partial charge on any atom is -0.508 e. The number of aromatic hydroxyl groups is 1. The molecule has 142 valence electrons. The van der Waals surface area contributed by atoms with E-state index in [-0.39, 0.29) is 5.75 Å². The van der Waals surface area contributed by atoms with Crippen LogP contribution in [0.1, 0.15) is 11.1 Å². The predicted octanol–water partition coefficient (Wildman–Crippen LogP) is 4.20. The largest absolute Gasteiger partial charge is 0.508 e. The number of nitrogens with one attached hydrogen (secondary N) is 1. The number of aromatic nitrogens is 2. The fourth-order valence-corrected chi connectivity index (χ4v) is 2.93. The number of phenols is 1. The molecule has 1 aliphatic rings. The maximum atomic E-state index is 10.1. The molecule has 0 radical (unpaired) electrons. The van der Waals surface area contributed by atoms with Crippen molar-refractivity contribution in [3.8, 4) is 17.0 Å². The highest BCUT2D eigenvalue weighted by Gasteiger charge is 2.07. The molecule has 1 aliphatic heterocycles. The Kier molecular flexibility index (Phi) is 5.61. The average Bonchev–Trinajstić information content (AvgIpc) is 2.72. The van der Waals surface area contributed by atoms with Crippen LogP contribution in [0.3, 0.4) is 0 Å². The van der Waals surface area contributed by atoms with Gasteiger partial charge in [-0.05, 0) is 35.9 Å². The van der Waals surface area contributed by atoms with Crippen molar-refractivity contribution in [2.75, 3.05) is 18.5 Å². The maximum absolute atomic E-state index is 10.1. The lowest BCUT2D eigenvalue weighted by molar-refractivity contribution is 0.139. The van der Waals surface area contributed by atoms with E-state index >= 15 is 0 Å². The van der Waals surface area contributed by atoms with E-state index in [1.807, 2.05) is 42.5 Å². The summed E-state index contributed by atoms with van der Waals surface area (Å²) in [6, 6.07) is 15.3. The van der Waals surface area contributed by atoms with Crippen molar-refractivity contribution in [1.82, 2.24) is 9.97 Å². The van der Waals surface area contributed by atoms with Gasteiger partial charge in [-0.1, -0.05) is 30.4 Å². The van der Waals surface area contributed by atoms with Crippen LogP contribution in [-0.4, -0.2) is 28.3 Å². The van der Waals surface area contributed by atoms with Crippen LogP contribution in [0, 0.1) is 0 Å². The molecule has 2 aromatic carbocycles. The summed E-state index contributed by atoms with van der Waals surface area (Å²) in [4.78, 5) is 8.92. The molecule has 0 amide bonds. The van der Waals surface area contributed by atoms with E-state index < -0.39 is 0 Å². The summed E-state index contributed by atoms with van der Waals surface area (Å²) in [6.07, 6.45) is 5.57. The number of hydrogen-bond acceptors (Lipinski definition) is 6. The van der Waals surface area contributed by atoms with Gasteiger partial charge in [0.25, 0.3) is 0 Å². The monoisotopic (exact) mass is 375 g/mol. The number of anilines is 2. The third-order valence-electron chi connectivity index (χ3n) is 4.34. The van der Waals surface area contributed by atoms with Gasteiger partial charge in [0.1, 0.15) is 5.75 Å². The lowest BCUT2D eigenvalue weighted by atomic mass is 10.1. The second-order valence-corrected chi connectivity index (χ2v) is 6.44. The molecule has 2 N–H and O–H groups in total. The molecule has 0 unspecified atom stereocenters. The first-order valence-electron chi connectivity index (χ1n) is 9.10. The molecule has 0 spiro atoms. The predicted molar refractivity (Wildman–Crippen MR) is 107 cm³/mol. The molecule has 6 bridgehead atoms. The lowest BCUT2D eigenvalue weighted by Gasteiger charge is -2.11.